The van der Waals surface area contributed by atoms with Crippen LogP contribution in [0.1, 0.15) is 31.1 Å². The molecule has 140 valence electrons. The van der Waals surface area contributed by atoms with Gasteiger partial charge in [0, 0.05) is 44.6 Å². The van der Waals surface area contributed by atoms with Crippen LogP contribution >= 0.6 is 12.4 Å². The number of nitrogens with zero attached hydrogens (tertiary/aromatic N) is 1. The van der Waals surface area contributed by atoms with Crippen LogP contribution in [-0.4, -0.2) is 44.7 Å². The molecule has 1 heterocycles. The number of carbonyl (C=O) groups excluding carboxylic acids is 1. The molecule has 6 heteroatoms. The standard InChI is InChI=1S/C19H28N2O3.ClH/c1-4-5-9-18-16(15-8-6-7-10-17(15)24-18)14-21(2)19(22)13-20-11-12-23-3;/h6-8,10,20H,4-5,9,11-14H2,1-3H3;1H. The Balaban J connectivity index is 0.00000312. The number of ether oxygens (including phenoxy) is 1. The number of hydrogen-bond donors (Lipinski definition) is 1. The highest BCUT2D eigenvalue weighted by Crippen LogP contribution is 2.28. The van der Waals surface area contributed by atoms with E-state index in [2.05, 4.69) is 18.3 Å². The molecule has 1 N–H and O–H groups in total. The van der Waals surface area contributed by atoms with Crippen LogP contribution in [0.2, 0.25) is 0 Å². The van der Waals surface area contributed by atoms with Crippen LogP contribution in [0.3, 0.4) is 0 Å². The Morgan fingerprint density at radius 1 is 1.32 bits per heavy atom. The zero-order chi connectivity index (χ0) is 17.4. The first-order valence-corrected chi connectivity index (χ1v) is 8.60. The summed E-state index contributed by atoms with van der Waals surface area (Å²) in [6, 6.07) is 8.05. The smallest absolute Gasteiger partial charge is 0.236 e. The second-order valence-electron chi connectivity index (χ2n) is 6.02. The Kier molecular flexibility index (Phi) is 9.57. The summed E-state index contributed by atoms with van der Waals surface area (Å²) in [5, 5.41) is 4.20. The zero-order valence-corrected chi connectivity index (χ0v) is 16.2. The van der Waals surface area contributed by atoms with Crippen molar-refractivity contribution in [2.75, 3.05) is 33.9 Å². The Labute approximate surface area is 156 Å². The van der Waals surface area contributed by atoms with Crippen LogP contribution in [0.15, 0.2) is 28.7 Å². The number of fused-ring (bicyclic) bond motifs is 1. The number of aryl methyl sites for hydroxylation is 1. The highest BCUT2D eigenvalue weighted by atomic mass is 35.5. The molecule has 0 spiro atoms. The lowest BCUT2D eigenvalue weighted by atomic mass is 10.1. The van der Waals surface area contributed by atoms with Gasteiger partial charge in [0.2, 0.25) is 5.91 Å². The number of likely N-dealkylation sites (N-methyl/N-ethyl adjacent to an activating group) is 1. The first kappa shape index (κ1) is 21.5. The highest BCUT2D eigenvalue weighted by Gasteiger charge is 2.17. The lowest BCUT2D eigenvalue weighted by Crippen LogP contribution is -2.36. The molecule has 2 aromatic rings. The number of rotatable bonds is 10. The molecular weight excluding hydrogens is 340 g/mol. The van der Waals surface area contributed by atoms with Crippen molar-refractivity contribution in [2.24, 2.45) is 0 Å². The van der Waals surface area contributed by atoms with E-state index >= 15 is 0 Å². The molecule has 0 saturated heterocycles. The first-order chi connectivity index (χ1) is 11.7. The summed E-state index contributed by atoms with van der Waals surface area (Å²) >= 11 is 0. The third kappa shape index (κ3) is 6.03. The molecule has 25 heavy (non-hydrogen) atoms. The van der Waals surface area contributed by atoms with Gasteiger partial charge in [-0.2, -0.15) is 0 Å². The van der Waals surface area contributed by atoms with Gasteiger partial charge < -0.3 is 19.4 Å². The van der Waals surface area contributed by atoms with E-state index in [9.17, 15) is 4.79 Å². The summed E-state index contributed by atoms with van der Waals surface area (Å²) in [7, 11) is 3.49. The quantitative estimate of drug-likeness (QED) is 0.653. The van der Waals surface area contributed by atoms with Gasteiger partial charge in [-0.25, -0.2) is 0 Å². The van der Waals surface area contributed by atoms with Gasteiger partial charge >= 0.3 is 0 Å². The van der Waals surface area contributed by atoms with Crippen LogP contribution in [0.25, 0.3) is 11.0 Å². The van der Waals surface area contributed by atoms with Gasteiger partial charge in [-0.1, -0.05) is 31.5 Å². The van der Waals surface area contributed by atoms with Crippen molar-refractivity contribution in [1.29, 1.82) is 0 Å². The number of hydrogen-bond acceptors (Lipinski definition) is 4. The van der Waals surface area contributed by atoms with Gasteiger partial charge in [0.05, 0.1) is 13.2 Å². The summed E-state index contributed by atoms with van der Waals surface area (Å²) in [6.45, 7) is 4.33. The lowest BCUT2D eigenvalue weighted by molar-refractivity contribution is -0.129. The van der Waals surface area contributed by atoms with E-state index in [1.165, 1.54) is 0 Å². The minimum Gasteiger partial charge on any atom is -0.461 e. The number of para-hydroxylation sites is 1. The topological polar surface area (TPSA) is 54.7 Å². The Morgan fingerprint density at radius 2 is 2.08 bits per heavy atom. The molecule has 0 saturated carbocycles. The van der Waals surface area contributed by atoms with Gasteiger partial charge in [0.25, 0.3) is 0 Å². The van der Waals surface area contributed by atoms with Crippen molar-refractivity contribution in [1.82, 2.24) is 10.2 Å². The molecule has 2 rings (SSSR count). The van der Waals surface area contributed by atoms with Crippen molar-refractivity contribution in [2.45, 2.75) is 32.7 Å². The molecule has 0 atom stereocenters. The second kappa shape index (κ2) is 11.1. The number of carbonyl (C=O) groups is 1. The average molecular weight is 369 g/mol. The Hall–Kier alpha value is -1.56. The number of methoxy groups -OCH3 is 1. The molecule has 1 amide bonds. The number of halogens is 1. The molecule has 1 aromatic heterocycles. The van der Waals surface area contributed by atoms with Gasteiger partial charge in [-0.15, -0.1) is 12.4 Å². The van der Waals surface area contributed by atoms with Crippen molar-refractivity contribution < 1.29 is 13.9 Å². The van der Waals surface area contributed by atoms with Gasteiger partial charge in [-0.3, -0.25) is 4.79 Å². The molecule has 0 aliphatic carbocycles. The summed E-state index contributed by atoms with van der Waals surface area (Å²) in [4.78, 5) is 14.0. The van der Waals surface area contributed by atoms with Crippen LogP contribution < -0.4 is 5.32 Å². The van der Waals surface area contributed by atoms with Crippen molar-refractivity contribution in [3.63, 3.8) is 0 Å². The third-order valence-electron chi connectivity index (χ3n) is 4.12. The van der Waals surface area contributed by atoms with Crippen LogP contribution in [-0.2, 0) is 22.5 Å². The first-order valence-electron chi connectivity index (χ1n) is 8.60. The predicted molar refractivity (Wildman–Crippen MR) is 103 cm³/mol. The van der Waals surface area contributed by atoms with E-state index < -0.39 is 0 Å². The summed E-state index contributed by atoms with van der Waals surface area (Å²) in [5.41, 5.74) is 2.03. The number of nitrogens with one attached hydrogen (secondary N) is 1. The fraction of sp³-hybridized carbons (Fsp3) is 0.526. The van der Waals surface area contributed by atoms with Crippen LogP contribution in [0.5, 0.6) is 0 Å². The number of unbranched alkanes of at least 4 members (excludes halogenated alkanes) is 1. The fourth-order valence-corrected chi connectivity index (χ4v) is 2.69. The van der Waals surface area contributed by atoms with E-state index in [1.54, 1.807) is 12.0 Å². The van der Waals surface area contributed by atoms with E-state index in [-0.39, 0.29) is 18.3 Å². The van der Waals surface area contributed by atoms with E-state index in [4.69, 9.17) is 9.15 Å². The largest absolute Gasteiger partial charge is 0.461 e. The maximum Gasteiger partial charge on any atom is 0.236 e. The summed E-state index contributed by atoms with van der Waals surface area (Å²) < 4.78 is 11.0. The zero-order valence-electron chi connectivity index (χ0n) is 15.3. The summed E-state index contributed by atoms with van der Waals surface area (Å²) in [6.07, 6.45) is 3.12. The van der Waals surface area contributed by atoms with Crippen molar-refractivity contribution in [3.05, 3.63) is 35.6 Å². The highest BCUT2D eigenvalue weighted by molar-refractivity contribution is 5.85. The molecular formula is C19H29ClN2O3. The minimum atomic E-state index is 0. The molecule has 5 nitrogen and oxygen atoms in total. The van der Waals surface area contributed by atoms with E-state index in [0.29, 0.717) is 26.2 Å². The lowest BCUT2D eigenvalue weighted by Gasteiger charge is -2.18. The van der Waals surface area contributed by atoms with Gasteiger partial charge in [-0.05, 0) is 12.5 Å². The van der Waals surface area contributed by atoms with Gasteiger partial charge in [0.1, 0.15) is 11.3 Å². The normalized spacial score (nSPS) is 10.7. The molecule has 0 fully saturated rings. The monoisotopic (exact) mass is 368 g/mol. The van der Waals surface area contributed by atoms with Crippen LogP contribution in [0.4, 0.5) is 0 Å². The number of amides is 1. The van der Waals surface area contributed by atoms with Crippen LogP contribution in [0, 0.1) is 0 Å². The molecule has 0 aliphatic heterocycles. The fourth-order valence-electron chi connectivity index (χ4n) is 2.69. The summed E-state index contributed by atoms with van der Waals surface area (Å²) in [5.74, 6) is 1.07. The maximum atomic E-state index is 12.3. The minimum absolute atomic E-state index is 0. The predicted octanol–water partition coefficient (Wildman–Crippen LogP) is 3.39. The molecule has 0 bridgehead atoms. The average Bonchev–Trinajstić information content (AvgIpc) is 2.94. The van der Waals surface area contributed by atoms with Gasteiger partial charge in [0.15, 0.2) is 0 Å². The maximum absolute atomic E-state index is 12.3. The second-order valence-corrected chi connectivity index (χ2v) is 6.02. The molecule has 0 unspecified atom stereocenters. The molecule has 0 radical (unpaired) electrons. The molecule has 0 aliphatic rings. The van der Waals surface area contributed by atoms with E-state index in [0.717, 1.165) is 41.6 Å². The number of benzene rings is 1. The third-order valence-corrected chi connectivity index (χ3v) is 4.12. The van der Waals surface area contributed by atoms with Crippen molar-refractivity contribution in [3.8, 4) is 0 Å². The Morgan fingerprint density at radius 3 is 2.80 bits per heavy atom. The van der Waals surface area contributed by atoms with Crippen molar-refractivity contribution >= 4 is 29.3 Å². The van der Waals surface area contributed by atoms with E-state index in [1.807, 2.05) is 25.2 Å². The molecule has 1 aromatic carbocycles. The SMILES string of the molecule is CCCCc1oc2ccccc2c1CN(C)C(=O)CNCCOC.Cl. The number of furan rings is 1. The Bertz CT molecular complexity index is 657.